The molecule has 0 aromatic heterocycles. The Balaban J connectivity index is 2.61. The maximum atomic E-state index is 13.4. The summed E-state index contributed by atoms with van der Waals surface area (Å²) in [5, 5.41) is 18.0. The molecule has 156 valence electrons. The molecule has 29 heavy (non-hydrogen) atoms. The minimum Gasteiger partial charge on any atom is -0.497 e. The van der Waals surface area contributed by atoms with Gasteiger partial charge >= 0.3 is 5.97 Å². The number of hydrogen-bond donors (Lipinski definition) is 3. The zero-order valence-electron chi connectivity index (χ0n) is 16.0. The zero-order chi connectivity index (χ0) is 21.6. The lowest BCUT2D eigenvalue weighted by molar-refractivity contribution is -0.137. The second-order valence-electron chi connectivity index (χ2n) is 6.16. The highest BCUT2D eigenvalue weighted by molar-refractivity contribution is 7.92. The van der Waals surface area contributed by atoms with Crippen molar-refractivity contribution in [3.63, 3.8) is 0 Å². The van der Waals surface area contributed by atoms with E-state index in [4.69, 9.17) is 15.1 Å². The van der Waals surface area contributed by atoms with E-state index in [9.17, 15) is 18.0 Å². The average molecular weight is 422 g/mol. The van der Waals surface area contributed by atoms with Crippen molar-refractivity contribution in [1.29, 1.82) is 0 Å². The van der Waals surface area contributed by atoms with Gasteiger partial charge in [-0.3, -0.25) is 19.1 Å². The summed E-state index contributed by atoms with van der Waals surface area (Å²) in [7, 11) is -2.69. The molecule has 0 fully saturated rings. The minimum atomic E-state index is -4.14. The molecule has 9 nitrogen and oxygen atoms in total. The van der Waals surface area contributed by atoms with E-state index in [0.29, 0.717) is 11.3 Å². The van der Waals surface area contributed by atoms with Crippen molar-refractivity contribution in [3.05, 3.63) is 53.6 Å². The maximum Gasteiger partial charge on any atom is 0.303 e. The van der Waals surface area contributed by atoms with Crippen molar-refractivity contribution in [2.24, 2.45) is 0 Å². The molecule has 0 aliphatic carbocycles. The first kappa shape index (κ1) is 22.2. The number of sulfonamides is 1. The van der Waals surface area contributed by atoms with Gasteiger partial charge in [0.25, 0.3) is 15.9 Å². The van der Waals surface area contributed by atoms with Crippen LogP contribution in [0.2, 0.25) is 0 Å². The summed E-state index contributed by atoms with van der Waals surface area (Å²) in [5.74, 6) is -1.47. The molecule has 0 aliphatic heterocycles. The van der Waals surface area contributed by atoms with Crippen LogP contribution in [0.3, 0.4) is 0 Å². The number of aliphatic carboxylic acids is 1. The highest BCUT2D eigenvalue weighted by atomic mass is 32.2. The second-order valence-corrected chi connectivity index (χ2v) is 8.02. The third-order valence-corrected chi connectivity index (χ3v) is 6.05. The molecule has 0 aliphatic rings. The maximum absolute atomic E-state index is 13.4. The number of carbonyl (C=O) groups is 2. The highest BCUT2D eigenvalue weighted by Crippen LogP contribution is 2.31. The van der Waals surface area contributed by atoms with E-state index in [1.807, 2.05) is 0 Å². The van der Waals surface area contributed by atoms with Gasteiger partial charge in [0, 0.05) is 13.0 Å². The highest BCUT2D eigenvalue weighted by Gasteiger charge is 2.29. The van der Waals surface area contributed by atoms with Crippen LogP contribution in [-0.2, 0) is 14.8 Å². The minimum absolute atomic E-state index is 0.0270. The van der Waals surface area contributed by atoms with Crippen LogP contribution in [0.25, 0.3) is 0 Å². The van der Waals surface area contributed by atoms with Crippen molar-refractivity contribution in [2.45, 2.75) is 24.7 Å². The zero-order valence-corrected chi connectivity index (χ0v) is 16.8. The summed E-state index contributed by atoms with van der Waals surface area (Å²) in [5.41, 5.74) is 2.00. The van der Waals surface area contributed by atoms with Crippen LogP contribution < -0.4 is 14.5 Å². The lowest BCUT2D eigenvalue weighted by Crippen LogP contribution is -2.35. The number of rotatable bonds is 9. The van der Waals surface area contributed by atoms with Crippen molar-refractivity contribution in [1.82, 2.24) is 5.48 Å². The number of aryl methyl sites for hydroxylation is 1. The monoisotopic (exact) mass is 422 g/mol. The number of benzene rings is 2. The van der Waals surface area contributed by atoms with Crippen LogP contribution in [0, 0.1) is 6.92 Å². The molecule has 1 amide bonds. The molecule has 0 heterocycles. The number of para-hydroxylation sites is 1. The Kier molecular flexibility index (Phi) is 7.18. The summed E-state index contributed by atoms with van der Waals surface area (Å²) >= 11 is 0. The van der Waals surface area contributed by atoms with Crippen LogP contribution in [0.4, 0.5) is 5.69 Å². The number of carbonyl (C=O) groups excluding carboxylic acids is 1. The van der Waals surface area contributed by atoms with Gasteiger partial charge in [-0.1, -0.05) is 12.1 Å². The third kappa shape index (κ3) is 5.04. The van der Waals surface area contributed by atoms with E-state index in [1.165, 1.54) is 42.9 Å². The molecule has 0 saturated heterocycles. The standard InChI is InChI=1S/C19H22N2O7S/c1-13-5-3-6-16(19(24)20-25)18(13)21(12-4-7-17(22)23)29(26,27)15-10-8-14(28-2)9-11-15/h3,5-6,8-11,25H,4,7,12H2,1-2H3,(H,20,24)(H,22,23). The Morgan fingerprint density at radius 3 is 2.34 bits per heavy atom. The van der Waals surface area contributed by atoms with E-state index in [0.717, 1.165) is 4.31 Å². The Morgan fingerprint density at radius 1 is 1.14 bits per heavy atom. The van der Waals surface area contributed by atoms with Crippen LogP contribution in [0.5, 0.6) is 5.75 Å². The first-order chi connectivity index (χ1) is 13.7. The molecule has 0 saturated carbocycles. The Labute approximate surface area is 168 Å². The fourth-order valence-corrected chi connectivity index (χ4v) is 4.42. The molecular weight excluding hydrogens is 400 g/mol. The third-order valence-electron chi connectivity index (χ3n) is 4.23. The Hall–Kier alpha value is -3.11. The topological polar surface area (TPSA) is 133 Å². The number of hydrogen-bond acceptors (Lipinski definition) is 6. The first-order valence-electron chi connectivity index (χ1n) is 8.65. The fraction of sp³-hybridized carbons (Fsp3) is 0.263. The molecule has 2 rings (SSSR count). The van der Waals surface area contributed by atoms with Gasteiger partial charge in [0.05, 0.1) is 23.3 Å². The molecule has 2 aromatic rings. The number of nitrogens with one attached hydrogen (secondary N) is 1. The van der Waals surface area contributed by atoms with E-state index >= 15 is 0 Å². The van der Waals surface area contributed by atoms with Gasteiger partial charge in [0.2, 0.25) is 0 Å². The molecule has 2 aromatic carbocycles. The lowest BCUT2D eigenvalue weighted by atomic mass is 10.1. The SMILES string of the molecule is COc1ccc(S(=O)(=O)N(CCCC(=O)O)c2c(C)cccc2C(=O)NO)cc1. The summed E-state index contributed by atoms with van der Waals surface area (Å²) in [6.45, 7) is 1.45. The number of carboxylic acids is 1. The van der Waals surface area contributed by atoms with E-state index < -0.39 is 21.9 Å². The lowest BCUT2D eigenvalue weighted by Gasteiger charge is -2.27. The van der Waals surface area contributed by atoms with Crippen LogP contribution >= 0.6 is 0 Å². The summed E-state index contributed by atoms with van der Waals surface area (Å²) in [4.78, 5) is 23.0. The van der Waals surface area contributed by atoms with Crippen molar-refractivity contribution in [3.8, 4) is 5.75 Å². The molecule has 0 unspecified atom stereocenters. The molecule has 3 N–H and O–H groups in total. The molecule has 0 radical (unpaired) electrons. The van der Waals surface area contributed by atoms with Crippen LogP contribution in [0.15, 0.2) is 47.4 Å². The summed E-state index contributed by atoms with van der Waals surface area (Å²) in [6, 6.07) is 10.3. The smallest absolute Gasteiger partial charge is 0.303 e. The predicted octanol–water partition coefficient (Wildman–Crippen LogP) is 2.18. The van der Waals surface area contributed by atoms with Crippen LogP contribution in [-0.4, -0.2) is 44.3 Å². The summed E-state index contributed by atoms with van der Waals surface area (Å²) < 4.78 is 32.8. The van der Waals surface area contributed by atoms with Gasteiger partial charge in [-0.05, 0) is 49.2 Å². The normalized spacial score (nSPS) is 11.0. The van der Waals surface area contributed by atoms with Crippen LogP contribution in [0.1, 0.15) is 28.8 Å². The second kappa shape index (κ2) is 9.39. The molecule has 10 heteroatoms. The fourth-order valence-electron chi connectivity index (χ4n) is 2.83. The van der Waals surface area contributed by atoms with Crippen molar-refractivity contribution < 1.29 is 33.1 Å². The Morgan fingerprint density at radius 2 is 1.79 bits per heavy atom. The van der Waals surface area contributed by atoms with Crippen molar-refractivity contribution >= 4 is 27.6 Å². The largest absolute Gasteiger partial charge is 0.497 e. The van der Waals surface area contributed by atoms with Gasteiger partial charge in [-0.15, -0.1) is 0 Å². The van der Waals surface area contributed by atoms with E-state index in [2.05, 4.69) is 0 Å². The quantitative estimate of drug-likeness (QED) is 0.417. The van der Waals surface area contributed by atoms with Gasteiger partial charge in [-0.2, -0.15) is 0 Å². The molecular formula is C19H22N2O7S. The van der Waals surface area contributed by atoms with Gasteiger partial charge in [0.15, 0.2) is 0 Å². The first-order valence-corrected chi connectivity index (χ1v) is 10.1. The van der Waals surface area contributed by atoms with Gasteiger partial charge in [-0.25, -0.2) is 13.9 Å². The number of carboxylic acid groups (broad SMARTS) is 1. The number of amides is 1. The van der Waals surface area contributed by atoms with Gasteiger partial charge < -0.3 is 9.84 Å². The van der Waals surface area contributed by atoms with Gasteiger partial charge in [0.1, 0.15) is 5.75 Å². The predicted molar refractivity (Wildman–Crippen MR) is 105 cm³/mol. The number of nitrogens with zero attached hydrogens (tertiary/aromatic N) is 1. The molecule has 0 bridgehead atoms. The number of hydroxylamine groups is 1. The molecule has 0 spiro atoms. The molecule has 0 atom stereocenters. The number of methoxy groups -OCH3 is 1. The van der Waals surface area contributed by atoms with Crippen molar-refractivity contribution in [2.75, 3.05) is 18.0 Å². The number of anilines is 1. The average Bonchev–Trinajstić information content (AvgIpc) is 2.70. The number of ether oxygens (including phenoxy) is 1. The Bertz CT molecular complexity index is 988. The summed E-state index contributed by atoms with van der Waals surface area (Å²) in [6.07, 6.45) is -0.221. The van der Waals surface area contributed by atoms with E-state index in [1.54, 1.807) is 19.1 Å². The van der Waals surface area contributed by atoms with E-state index in [-0.39, 0.29) is 35.5 Å².